The Balaban J connectivity index is 1.48. The van der Waals surface area contributed by atoms with Gasteiger partial charge in [0.15, 0.2) is 15.4 Å². The molecule has 1 N–H and O–H groups in total. The number of aromatic nitrogens is 4. The number of tetrazole rings is 1. The summed E-state index contributed by atoms with van der Waals surface area (Å²) < 4.78 is 84.7. The van der Waals surface area contributed by atoms with E-state index < -0.39 is 55.9 Å². The molecule has 0 spiro atoms. The van der Waals surface area contributed by atoms with Crippen LogP contribution in [0.1, 0.15) is 30.4 Å². The molecule has 0 saturated heterocycles. The van der Waals surface area contributed by atoms with Crippen molar-refractivity contribution in [3.63, 3.8) is 0 Å². The van der Waals surface area contributed by atoms with Crippen LogP contribution in [0.4, 0.5) is 17.6 Å². The minimum Gasteiger partial charge on any atom is -0.377 e. The van der Waals surface area contributed by atoms with Crippen molar-refractivity contribution in [3.05, 3.63) is 71.6 Å². The molecule has 0 amide bonds. The lowest BCUT2D eigenvalue weighted by molar-refractivity contribution is -0.347. The zero-order valence-corrected chi connectivity index (χ0v) is 18.7. The van der Waals surface area contributed by atoms with Gasteiger partial charge in [0.1, 0.15) is 18.0 Å². The third-order valence-electron chi connectivity index (χ3n) is 7.27. The van der Waals surface area contributed by atoms with Crippen LogP contribution < -0.4 is 0 Å². The fourth-order valence-corrected chi connectivity index (χ4v) is 6.22. The van der Waals surface area contributed by atoms with Crippen LogP contribution in [-0.2, 0) is 27.4 Å². The predicted octanol–water partition coefficient (Wildman–Crippen LogP) is 3.00. The van der Waals surface area contributed by atoms with E-state index >= 15 is 8.78 Å². The zero-order chi connectivity index (χ0) is 24.6. The number of rotatable bonds is 7. The van der Waals surface area contributed by atoms with Crippen LogP contribution in [0, 0.1) is 17.0 Å². The average Bonchev–Trinajstić information content (AvgIpc) is 3.18. The highest BCUT2D eigenvalue weighted by Gasteiger charge is 2.82. The summed E-state index contributed by atoms with van der Waals surface area (Å²) in [6.07, 6.45) is 2.16. The van der Waals surface area contributed by atoms with Crippen molar-refractivity contribution < 1.29 is 31.1 Å². The molecule has 34 heavy (non-hydrogen) atoms. The number of hydrogen-bond donors (Lipinski definition) is 1. The summed E-state index contributed by atoms with van der Waals surface area (Å²) in [5.41, 5.74) is -5.25. The van der Waals surface area contributed by atoms with Crippen LogP contribution in [-0.4, -0.2) is 45.9 Å². The van der Waals surface area contributed by atoms with Crippen LogP contribution in [0.25, 0.3) is 0 Å². The molecule has 7 nitrogen and oxygen atoms in total. The monoisotopic (exact) mass is 496 g/mol. The molecule has 0 unspecified atom stereocenters. The normalized spacial score (nSPS) is 25.8. The van der Waals surface area contributed by atoms with Gasteiger partial charge in [-0.3, -0.25) is 0 Å². The number of aliphatic hydroxyl groups is 1. The molecule has 0 aliphatic heterocycles. The van der Waals surface area contributed by atoms with Crippen molar-refractivity contribution in [1.82, 2.24) is 20.2 Å². The van der Waals surface area contributed by atoms with Gasteiger partial charge in [0.05, 0.1) is 11.4 Å². The Morgan fingerprint density at radius 1 is 1.09 bits per heavy atom. The quantitative estimate of drug-likeness (QED) is 0.505. The molecule has 180 valence electrons. The molecule has 0 radical (unpaired) electrons. The van der Waals surface area contributed by atoms with E-state index in [4.69, 9.17) is 0 Å². The SMILES string of the molecule is CS(=O)(=O)c1ccc(C23CC(C(F)(F)[C@@](O)(Cn4cnnn4)c4ccc(F)cc4F)(C2)C3)cc1. The van der Waals surface area contributed by atoms with E-state index in [0.717, 1.165) is 35.0 Å². The molecule has 3 aromatic rings. The van der Waals surface area contributed by atoms with Gasteiger partial charge < -0.3 is 5.11 Å². The van der Waals surface area contributed by atoms with Crippen LogP contribution in [0.15, 0.2) is 53.7 Å². The predicted molar refractivity (Wildman–Crippen MR) is 111 cm³/mol. The third-order valence-corrected chi connectivity index (χ3v) is 8.40. The van der Waals surface area contributed by atoms with Crippen molar-refractivity contribution >= 4 is 9.84 Å². The average molecular weight is 496 g/mol. The number of hydrogen-bond acceptors (Lipinski definition) is 6. The first-order valence-corrected chi connectivity index (χ1v) is 12.3. The number of nitrogens with zero attached hydrogens (tertiary/aromatic N) is 4. The van der Waals surface area contributed by atoms with Gasteiger partial charge in [-0.15, -0.1) is 5.10 Å². The van der Waals surface area contributed by atoms with E-state index in [-0.39, 0.29) is 24.2 Å². The maximum atomic E-state index is 16.1. The van der Waals surface area contributed by atoms with Gasteiger partial charge in [-0.1, -0.05) is 12.1 Å². The summed E-state index contributed by atoms with van der Waals surface area (Å²) in [7, 11) is -3.39. The number of benzene rings is 2. The largest absolute Gasteiger partial charge is 0.377 e. The van der Waals surface area contributed by atoms with E-state index in [0.29, 0.717) is 6.07 Å². The minimum absolute atomic E-state index is 0.0198. The molecule has 3 aliphatic carbocycles. The van der Waals surface area contributed by atoms with Crippen molar-refractivity contribution in [2.24, 2.45) is 5.41 Å². The molecule has 12 heteroatoms. The Labute approximate surface area is 192 Å². The number of halogens is 4. The van der Waals surface area contributed by atoms with Gasteiger partial charge in [0.25, 0.3) is 5.92 Å². The highest BCUT2D eigenvalue weighted by Crippen LogP contribution is 2.80. The number of sulfone groups is 1. The molecular weight excluding hydrogens is 476 g/mol. The maximum Gasteiger partial charge on any atom is 0.287 e. The van der Waals surface area contributed by atoms with Crippen molar-refractivity contribution in [3.8, 4) is 0 Å². The van der Waals surface area contributed by atoms with Crippen LogP contribution in [0.3, 0.4) is 0 Å². The molecule has 3 fully saturated rings. The van der Waals surface area contributed by atoms with Crippen LogP contribution in [0.2, 0.25) is 0 Å². The lowest BCUT2D eigenvalue weighted by Crippen LogP contribution is -2.76. The summed E-state index contributed by atoms with van der Waals surface area (Å²) >= 11 is 0. The molecule has 1 heterocycles. The van der Waals surface area contributed by atoms with E-state index in [1.54, 1.807) is 12.1 Å². The maximum absolute atomic E-state index is 16.1. The van der Waals surface area contributed by atoms with E-state index in [9.17, 15) is 22.3 Å². The van der Waals surface area contributed by atoms with E-state index in [1.165, 1.54) is 12.1 Å². The first kappa shape index (κ1) is 22.9. The Morgan fingerprint density at radius 2 is 1.74 bits per heavy atom. The smallest absolute Gasteiger partial charge is 0.287 e. The number of alkyl halides is 2. The molecular formula is C22H20F4N4O3S. The summed E-state index contributed by atoms with van der Waals surface area (Å²) in [5, 5.41) is 21.7. The molecule has 1 atom stereocenters. The topological polar surface area (TPSA) is 98.0 Å². The molecule has 6 rings (SSSR count). The molecule has 3 aliphatic rings. The highest BCUT2D eigenvalue weighted by atomic mass is 32.2. The summed E-state index contributed by atoms with van der Waals surface area (Å²) in [6, 6.07) is 8.19. The van der Waals surface area contributed by atoms with Gasteiger partial charge >= 0.3 is 0 Å². The standard InChI is InChI=1S/C22H20F4N4O3S/c1-34(32,33)16-5-2-14(3-6-16)19-9-20(10-19,11-19)22(25,26)21(31,12-30-13-27-28-29-30)17-7-4-15(23)8-18(17)24/h2-8,13,31H,9-12H2,1H3/t19?,20?,21-/m1/s1. The first-order chi connectivity index (χ1) is 15.8. The summed E-state index contributed by atoms with van der Waals surface area (Å²) in [4.78, 5) is 0.130. The van der Waals surface area contributed by atoms with Crippen molar-refractivity contribution in [1.29, 1.82) is 0 Å². The molecule has 1 aromatic heterocycles. The molecule has 2 aromatic carbocycles. The second-order valence-corrected chi connectivity index (χ2v) is 11.5. The Hall–Kier alpha value is -2.86. The fraction of sp³-hybridized carbons (Fsp3) is 0.409. The van der Waals surface area contributed by atoms with Crippen molar-refractivity contribution in [2.45, 2.75) is 47.6 Å². The fourth-order valence-electron chi connectivity index (χ4n) is 5.59. The van der Waals surface area contributed by atoms with Gasteiger partial charge in [-0.2, -0.15) is 0 Å². The lowest BCUT2D eigenvalue weighted by Gasteiger charge is -2.74. The van der Waals surface area contributed by atoms with E-state index in [1.807, 2.05) is 0 Å². The summed E-state index contributed by atoms with van der Waals surface area (Å²) in [6.45, 7) is -0.840. The van der Waals surface area contributed by atoms with Crippen LogP contribution >= 0.6 is 0 Å². The Kier molecular flexibility index (Phi) is 4.77. The molecule has 3 saturated carbocycles. The molecule has 2 bridgehead atoms. The Bertz CT molecular complexity index is 1340. The van der Waals surface area contributed by atoms with Crippen molar-refractivity contribution in [2.75, 3.05) is 6.26 Å². The third kappa shape index (κ3) is 3.11. The van der Waals surface area contributed by atoms with Gasteiger partial charge in [-0.05, 0) is 64.9 Å². The minimum atomic E-state index is -3.82. The van der Waals surface area contributed by atoms with Gasteiger partial charge in [-0.25, -0.2) is 30.7 Å². The first-order valence-electron chi connectivity index (χ1n) is 10.4. The van der Waals surface area contributed by atoms with Gasteiger partial charge in [0.2, 0.25) is 0 Å². The highest BCUT2D eigenvalue weighted by molar-refractivity contribution is 7.90. The summed E-state index contributed by atoms with van der Waals surface area (Å²) in [5.74, 6) is -6.08. The zero-order valence-electron chi connectivity index (χ0n) is 17.9. The second-order valence-electron chi connectivity index (χ2n) is 9.45. The second kappa shape index (κ2) is 7.08. The van der Waals surface area contributed by atoms with Crippen LogP contribution in [0.5, 0.6) is 0 Å². The van der Waals surface area contributed by atoms with E-state index in [2.05, 4.69) is 15.5 Å². The lowest BCUT2D eigenvalue weighted by atomic mass is 9.30. The Morgan fingerprint density at radius 3 is 2.26 bits per heavy atom. The van der Waals surface area contributed by atoms with Gasteiger partial charge in [0, 0.05) is 23.3 Å².